The molecule has 1 unspecified atom stereocenters. The van der Waals surface area contributed by atoms with Gasteiger partial charge in [0, 0.05) is 17.4 Å². The second-order valence-corrected chi connectivity index (χ2v) is 6.51. The van der Waals surface area contributed by atoms with Gasteiger partial charge in [-0.25, -0.2) is 9.07 Å². The third-order valence-electron chi connectivity index (χ3n) is 3.99. The van der Waals surface area contributed by atoms with Crippen LogP contribution >= 0.6 is 24.0 Å². The zero-order valence-electron chi connectivity index (χ0n) is 14.3. The van der Waals surface area contributed by atoms with E-state index in [2.05, 4.69) is 15.4 Å². The molecule has 11 heteroatoms. The number of amidine groups is 1. The molecule has 0 saturated carbocycles. The lowest BCUT2D eigenvalue weighted by atomic mass is 9.92. The molecule has 1 aromatic heterocycles. The van der Waals surface area contributed by atoms with Gasteiger partial charge in [0.15, 0.2) is 0 Å². The molecule has 1 aliphatic rings. The van der Waals surface area contributed by atoms with Gasteiger partial charge in [-0.3, -0.25) is 4.99 Å². The van der Waals surface area contributed by atoms with E-state index in [1.54, 1.807) is 13.0 Å². The van der Waals surface area contributed by atoms with Gasteiger partial charge in [-0.1, -0.05) is 11.6 Å². The summed E-state index contributed by atoms with van der Waals surface area (Å²) in [5, 5.41) is 6.83. The van der Waals surface area contributed by atoms with E-state index in [-0.39, 0.29) is 42.9 Å². The minimum Gasteiger partial charge on any atom is -0.386 e. The molecule has 148 valence electrons. The lowest BCUT2D eigenvalue weighted by molar-refractivity contribution is 0.0562. The van der Waals surface area contributed by atoms with Crippen LogP contribution < -0.4 is 11.1 Å². The van der Waals surface area contributed by atoms with Crippen molar-refractivity contribution in [1.29, 1.82) is 0 Å². The molecule has 27 heavy (non-hydrogen) atoms. The average molecular weight is 424 g/mol. The Morgan fingerprint density at radius 1 is 1.44 bits per heavy atom. The number of hydrogen-bond acceptors (Lipinski definition) is 5. The van der Waals surface area contributed by atoms with E-state index in [9.17, 15) is 13.2 Å². The minimum absolute atomic E-state index is 0. The maximum absolute atomic E-state index is 14.3. The molecular formula is C16H18Cl2F3N5O. The zero-order chi connectivity index (χ0) is 18.9. The number of benzene rings is 1. The van der Waals surface area contributed by atoms with Crippen molar-refractivity contribution in [2.75, 3.05) is 18.5 Å². The van der Waals surface area contributed by atoms with E-state index in [0.29, 0.717) is 21.8 Å². The predicted molar refractivity (Wildman–Crippen MR) is 99.3 cm³/mol. The summed E-state index contributed by atoms with van der Waals surface area (Å²) in [5.74, 6) is -0.152. The highest BCUT2D eigenvalue weighted by Crippen LogP contribution is 2.32. The Labute approximate surface area is 164 Å². The smallest absolute Gasteiger partial charge is 0.333 e. The summed E-state index contributed by atoms with van der Waals surface area (Å²) in [6, 6.07) is 4.40. The van der Waals surface area contributed by atoms with Crippen molar-refractivity contribution in [2.24, 2.45) is 10.7 Å². The third kappa shape index (κ3) is 4.66. The van der Waals surface area contributed by atoms with Gasteiger partial charge in [-0.05, 0) is 25.1 Å². The summed E-state index contributed by atoms with van der Waals surface area (Å²) in [6.45, 7) is -0.544. The molecule has 3 N–H and O–H groups in total. The number of nitrogens with two attached hydrogens (primary N) is 1. The number of hydrogen-bond donors (Lipinski definition) is 2. The Balaban J connectivity index is 0.00000261. The van der Waals surface area contributed by atoms with E-state index >= 15 is 0 Å². The van der Waals surface area contributed by atoms with Crippen LogP contribution in [0, 0.1) is 5.82 Å². The van der Waals surface area contributed by atoms with Crippen LogP contribution in [-0.2, 0) is 16.8 Å². The summed E-state index contributed by atoms with van der Waals surface area (Å²) in [7, 11) is 0. The topological polar surface area (TPSA) is 77.5 Å². The van der Waals surface area contributed by atoms with Gasteiger partial charge in [0.2, 0.25) is 0 Å². The summed E-state index contributed by atoms with van der Waals surface area (Å²) in [5.41, 5.74) is 5.90. The van der Waals surface area contributed by atoms with Gasteiger partial charge in [0.25, 0.3) is 0 Å². The Kier molecular flexibility index (Phi) is 6.61. The molecule has 0 bridgehead atoms. The molecule has 0 fully saturated rings. The number of ether oxygens (including phenoxy) is 1. The molecule has 0 spiro atoms. The van der Waals surface area contributed by atoms with Gasteiger partial charge < -0.3 is 15.8 Å². The van der Waals surface area contributed by atoms with Crippen molar-refractivity contribution in [3.8, 4) is 0 Å². The maximum atomic E-state index is 14.3. The first-order valence-electron chi connectivity index (χ1n) is 7.76. The Morgan fingerprint density at radius 2 is 2.19 bits per heavy atom. The fraction of sp³-hybridized carbons (Fsp3) is 0.375. The standard InChI is InChI=1S/C16H17ClF3N5O.ClH/c1-16(8-26-7-14(21)23-16)10-4-9(2-3-12(10)18)22-5-13-11(17)6-25(24-13)15(19)20;/h2-4,6,15,22H,5,7-8H2,1H3,(H2,21,23);1H. The van der Waals surface area contributed by atoms with Crippen LogP contribution in [0.1, 0.15) is 24.7 Å². The number of aromatic nitrogens is 2. The van der Waals surface area contributed by atoms with Crippen molar-refractivity contribution in [3.63, 3.8) is 0 Å². The van der Waals surface area contributed by atoms with E-state index in [1.807, 2.05) is 0 Å². The minimum atomic E-state index is -2.77. The predicted octanol–water partition coefficient (Wildman–Crippen LogP) is 3.71. The summed E-state index contributed by atoms with van der Waals surface area (Å²) < 4.78 is 45.5. The number of nitrogens with one attached hydrogen (secondary N) is 1. The molecule has 0 saturated heterocycles. The van der Waals surface area contributed by atoms with Gasteiger partial charge in [-0.15, -0.1) is 12.4 Å². The van der Waals surface area contributed by atoms with Crippen LogP contribution in [0.4, 0.5) is 18.9 Å². The van der Waals surface area contributed by atoms with Gasteiger partial charge >= 0.3 is 6.55 Å². The number of aliphatic imine (C=N–C) groups is 1. The van der Waals surface area contributed by atoms with Crippen molar-refractivity contribution < 1.29 is 17.9 Å². The van der Waals surface area contributed by atoms with Gasteiger partial charge in [0.1, 0.15) is 29.5 Å². The first-order valence-corrected chi connectivity index (χ1v) is 8.14. The quantitative estimate of drug-likeness (QED) is 0.768. The lowest BCUT2D eigenvalue weighted by Crippen LogP contribution is -2.38. The normalized spacial score (nSPS) is 19.6. The van der Waals surface area contributed by atoms with Crippen LogP contribution in [0.5, 0.6) is 0 Å². The second-order valence-electron chi connectivity index (χ2n) is 6.10. The molecule has 0 amide bonds. The number of nitrogens with zero attached hydrogens (tertiary/aromatic N) is 3. The van der Waals surface area contributed by atoms with Crippen molar-refractivity contribution >= 4 is 35.5 Å². The Hall–Kier alpha value is -1.97. The number of anilines is 1. The van der Waals surface area contributed by atoms with Gasteiger partial charge in [0.05, 0.1) is 18.2 Å². The van der Waals surface area contributed by atoms with Crippen LogP contribution in [0.15, 0.2) is 29.4 Å². The van der Waals surface area contributed by atoms with Crippen molar-refractivity contribution in [1.82, 2.24) is 9.78 Å². The first kappa shape index (κ1) is 21.3. The third-order valence-corrected chi connectivity index (χ3v) is 4.30. The van der Waals surface area contributed by atoms with E-state index < -0.39 is 17.9 Å². The molecular weight excluding hydrogens is 406 g/mol. The molecule has 0 radical (unpaired) electrons. The molecule has 2 aromatic rings. The molecule has 0 aliphatic carbocycles. The molecule has 1 atom stereocenters. The number of halogens is 5. The SMILES string of the molecule is CC1(c2cc(NCc3nn(C(F)F)cc3Cl)ccc2F)COCC(N)=N1.Cl. The first-order chi connectivity index (χ1) is 12.3. The highest BCUT2D eigenvalue weighted by atomic mass is 35.5. The fourth-order valence-corrected chi connectivity index (χ4v) is 2.94. The Morgan fingerprint density at radius 3 is 2.81 bits per heavy atom. The van der Waals surface area contributed by atoms with E-state index in [1.165, 1.54) is 12.1 Å². The summed E-state index contributed by atoms with van der Waals surface area (Å²) in [6.07, 6.45) is 1.05. The van der Waals surface area contributed by atoms with Crippen molar-refractivity contribution in [3.05, 3.63) is 46.5 Å². The highest BCUT2D eigenvalue weighted by Gasteiger charge is 2.32. The largest absolute Gasteiger partial charge is 0.386 e. The fourth-order valence-electron chi connectivity index (χ4n) is 2.73. The van der Waals surface area contributed by atoms with Crippen LogP contribution in [0.25, 0.3) is 0 Å². The second kappa shape index (κ2) is 8.37. The molecule has 1 aliphatic heterocycles. The Bertz CT molecular complexity index is 845. The molecule has 2 heterocycles. The monoisotopic (exact) mass is 423 g/mol. The van der Waals surface area contributed by atoms with Crippen molar-refractivity contribution in [2.45, 2.75) is 25.6 Å². The van der Waals surface area contributed by atoms with E-state index in [4.69, 9.17) is 22.1 Å². The maximum Gasteiger partial charge on any atom is 0.333 e. The molecule has 3 rings (SSSR count). The average Bonchev–Trinajstić information content (AvgIpc) is 2.95. The van der Waals surface area contributed by atoms with Gasteiger partial charge in [-0.2, -0.15) is 13.9 Å². The highest BCUT2D eigenvalue weighted by molar-refractivity contribution is 6.31. The van der Waals surface area contributed by atoms with Crippen LogP contribution in [-0.4, -0.2) is 28.8 Å². The zero-order valence-corrected chi connectivity index (χ0v) is 15.8. The summed E-state index contributed by atoms with van der Waals surface area (Å²) in [4.78, 5) is 4.32. The van der Waals surface area contributed by atoms with Crippen LogP contribution in [0.3, 0.4) is 0 Å². The lowest BCUT2D eigenvalue weighted by Gasteiger charge is -2.30. The summed E-state index contributed by atoms with van der Waals surface area (Å²) >= 11 is 5.91. The molecule has 1 aromatic carbocycles. The van der Waals surface area contributed by atoms with E-state index in [0.717, 1.165) is 6.20 Å². The number of alkyl halides is 2. The number of rotatable bonds is 5. The van der Waals surface area contributed by atoms with Crippen LogP contribution in [0.2, 0.25) is 5.02 Å². The molecule has 6 nitrogen and oxygen atoms in total.